The summed E-state index contributed by atoms with van der Waals surface area (Å²) in [5, 5.41) is 16.4. The van der Waals surface area contributed by atoms with Crippen LogP contribution in [0.5, 0.6) is 0 Å². The van der Waals surface area contributed by atoms with Gasteiger partial charge in [0.1, 0.15) is 0 Å². The molecule has 0 saturated heterocycles. The smallest absolute Gasteiger partial charge is 0.274 e. The number of para-hydroxylation sites is 1. The number of hydrogen-bond acceptors (Lipinski definition) is 4. The van der Waals surface area contributed by atoms with Crippen molar-refractivity contribution in [3.8, 4) is 5.69 Å². The van der Waals surface area contributed by atoms with Crippen LogP contribution in [-0.4, -0.2) is 32.6 Å². The Morgan fingerprint density at radius 1 is 1.17 bits per heavy atom. The van der Waals surface area contributed by atoms with Gasteiger partial charge in [-0.3, -0.25) is 14.9 Å². The van der Waals surface area contributed by atoms with Gasteiger partial charge in [-0.2, -0.15) is 5.10 Å². The Labute approximate surface area is 173 Å². The highest BCUT2D eigenvalue weighted by atomic mass is 35.5. The number of hydrogen-bond donors (Lipinski definition) is 0. The van der Waals surface area contributed by atoms with Gasteiger partial charge in [0.25, 0.3) is 5.69 Å². The average molecular weight is 413 g/mol. The van der Waals surface area contributed by atoms with Crippen molar-refractivity contribution in [1.29, 1.82) is 0 Å². The van der Waals surface area contributed by atoms with E-state index < -0.39 is 4.92 Å². The third kappa shape index (κ3) is 4.46. The van der Waals surface area contributed by atoms with E-state index in [4.69, 9.17) is 11.6 Å². The van der Waals surface area contributed by atoms with Gasteiger partial charge in [-0.15, -0.1) is 0 Å². The van der Waals surface area contributed by atoms with Gasteiger partial charge in [0.2, 0.25) is 5.91 Å². The summed E-state index contributed by atoms with van der Waals surface area (Å²) in [6, 6.07) is 13.8. The van der Waals surface area contributed by atoms with Crippen molar-refractivity contribution in [2.75, 3.05) is 7.05 Å². The summed E-state index contributed by atoms with van der Waals surface area (Å²) in [5.74, 6) is -0.134. The number of carbonyl (C=O) groups excluding carboxylic acids is 1. The van der Waals surface area contributed by atoms with Crippen molar-refractivity contribution in [3.63, 3.8) is 0 Å². The molecule has 29 heavy (non-hydrogen) atoms. The predicted molar refractivity (Wildman–Crippen MR) is 111 cm³/mol. The molecular formula is C21H21ClN4O3. The number of nitro benzene ring substituents is 1. The minimum absolute atomic E-state index is 0.00932. The highest BCUT2D eigenvalue weighted by molar-refractivity contribution is 6.30. The number of rotatable bonds is 6. The van der Waals surface area contributed by atoms with Gasteiger partial charge in [0.05, 0.1) is 29.3 Å². The van der Waals surface area contributed by atoms with Crippen LogP contribution in [0.15, 0.2) is 48.5 Å². The molecule has 2 aromatic carbocycles. The Bertz CT molecular complexity index is 1060. The summed E-state index contributed by atoms with van der Waals surface area (Å²) in [5.41, 5.74) is 3.86. The van der Waals surface area contributed by atoms with Crippen molar-refractivity contribution >= 4 is 23.2 Å². The number of likely N-dealkylation sites (N-methyl/N-ethyl adjacent to an activating group) is 1. The van der Waals surface area contributed by atoms with Crippen molar-refractivity contribution in [2.45, 2.75) is 26.8 Å². The standard InChI is InChI=1S/C21H21ClN4O3/c1-14-19(15(2)25(23-14)18-10-8-17(22)9-11-18)12-21(27)24(3)13-16-6-4-5-7-20(16)26(28)29/h4-11H,12-13H2,1-3H3. The zero-order chi connectivity index (χ0) is 21.1. The lowest BCUT2D eigenvalue weighted by Crippen LogP contribution is -2.28. The third-order valence-corrected chi connectivity index (χ3v) is 5.11. The quantitative estimate of drug-likeness (QED) is 0.447. The molecule has 8 heteroatoms. The maximum absolute atomic E-state index is 12.8. The number of nitro groups is 1. The van der Waals surface area contributed by atoms with Crippen LogP contribution in [0.1, 0.15) is 22.5 Å². The van der Waals surface area contributed by atoms with Crippen LogP contribution in [0.4, 0.5) is 5.69 Å². The molecule has 0 fully saturated rings. The molecule has 0 aliphatic carbocycles. The summed E-state index contributed by atoms with van der Waals surface area (Å²) in [4.78, 5) is 25.1. The molecule has 1 heterocycles. The summed E-state index contributed by atoms with van der Waals surface area (Å²) >= 11 is 5.95. The van der Waals surface area contributed by atoms with Crippen LogP contribution in [0.3, 0.4) is 0 Å². The second-order valence-corrected chi connectivity index (χ2v) is 7.29. The fourth-order valence-corrected chi connectivity index (χ4v) is 3.34. The number of aryl methyl sites for hydroxylation is 1. The molecule has 0 saturated carbocycles. The van der Waals surface area contributed by atoms with E-state index in [0.29, 0.717) is 10.6 Å². The molecule has 0 aliphatic rings. The van der Waals surface area contributed by atoms with Gasteiger partial charge in [0.15, 0.2) is 0 Å². The number of halogens is 1. The number of benzene rings is 2. The van der Waals surface area contributed by atoms with Crippen LogP contribution in [0, 0.1) is 24.0 Å². The van der Waals surface area contributed by atoms with Gasteiger partial charge in [-0.1, -0.05) is 29.8 Å². The Kier molecular flexibility index (Phi) is 5.98. The van der Waals surface area contributed by atoms with Crippen LogP contribution in [0.2, 0.25) is 5.02 Å². The lowest BCUT2D eigenvalue weighted by atomic mass is 10.1. The number of amides is 1. The van der Waals surface area contributed by atoms with E-state index in [1.54, 1.807) is 42.1 Å². The van der Waals surface area contributed by atoms with E-state index in [9.17, 15) is 14.9 Å². The molecule has 3 rings (SSSR count). The Balaban J connectivity index is 1.79. The van der Waals surface area contributed by atoms with E-state index >= 15 is 0 Å². The number of nitrogens with zero attached hydrogens (tertiary/aromatic N) is 4. The molecule has 0 spiro atoms. The minimum Gasteiger partial charge on any atom is -0.341 e. The molecule has 0 radical (unpaired) electrons. The lowest BCUT2D eigenvalue weighted by molar-refractivity contribution is -0.385. The van der Waals surface area contributed by atoms with Crippen LogP contribution < -0.4 is 0 Å². The van der Waals surface area contributed by atoms with E-state index in [0.717, 1.165) is 22.6 Å². The second-order valence-electron chi connectivity index (χ2n) is 6.85. The summed E-state index contributed by atoms with van der Waals surface area (Å²) in [6.45, 7) is 3.95. The maximum Gasteiger partial charge on any atom is 0.274 e. The largest absolute Gasteiger partial charge is 0.341 e. The van der Waals surface area contributed by atoms with Crippen LogP contribution >= 0.6 is 11.6 Å². The zero-order valence-corrected chi connectivity index (χ0v) is 17.2. The van der Waals surface area contributed by atoms with E-state index in [2.05, 4.69) is 5.10 Å². The number of carbonyl (C=O) groups is 1. The normalized spacial score (nSPS) is 10.8. The molecule has 1 aromatic heterocycles. The van der Waals surface area contributed by atoms with Crippen molar-refractivity contribution in [2.24, 2.45) is 0 Å². The van der Waals surface area contributed by atoms with Gasteiger partial charge in [-0.05, 0) is 38.1 Å². The van der Waals surface area contributed by atoms with E-state index in [1.165, 1.54) is 11.0 Å². The van der Waals surface area contributed by atoms with Crippen LogP contribution in [-0.2, 0) is 17.8 Å². The minimum atomic E-state index is -0.432. The molecule has 0 bridgehead atoms. The third-order valence-electron chi connectivity index (χ3n) is 4.86. The fourth-order valence-electron chi connectivity index (χ4n) is 3.22. The second kappa shape index (κ2) is 8.45. The maximum atomic E-state index is 12.8. The first kappa shape index (κ1) is 20.5. The Morgan fingerprint density at radius 3 is 2.48 bits per heavy atom. The number of aromatic nitrogens is 2. The summed E-state index contributed by atoms with van der Waals surface area (Å²) in [7, 11) is 1.65. The van der Waals surface area contributed by atoms with Gasteiger partial charge in [0, 0.05) is 35.0 Å². The molecule has 0 unspecified atom stereocenters. The van der Waals surface area contributed by atoms with Crippen molar-refractivity contribution < 1.29 is 9.72 Å². The molecule has 0 N–H and O–H groups in total. The first-order valence-corrected chi connectivity index (χ1v) is 9.43. The monoisotopic (exact) mass is 412 g/mol. The SMILES string of the molecule is Cc1nn(-c2ccc(Cl)cc2)c(C)c1CC(=O)N(C)Cc1ccccc1[N+](=O)[O-]. The molecule has 0 aliphatic heterocycles. The van der Waals surface area contributed by atoms with Gasteiger partial charge in [-0.25, -0.2) is 4.68 Å². The van der Waals surface area contributed by atoms with Crippen molar-refractivity contribution in [1.82, 2.24) is 14.7 Å². The first-order chi connectivity index (χ1) is 13.8. The van der Waals surface area contributed by atoms with Gasteiger partial charge < -0.3 is 4.90 Å². The zero-order valence-electron chi connectivity index (χ0n) is 16.4. The lowest BCUT2D eigenvalue weighted by Gasteiger charge is -2.17. The topological polar surface area (TPSA) is 81.3 Å². The summed E-state index contributed by atoms with van der Waals surface area (Å²) in [6.07, 6.45) is 0.169. The molecule has 3 aromatic rings. The Morgan fingerprint density at radius 2 is 1.83 bits per heavy atom. The molecule has 1 amide bonds. The first-order valence-electron chi connectivity index (χ1n) is 9.05. The van der Waals surface area contributed by atoms with Gasteiger partial charge >= 0.3 is 0 Å². The van der Waals surface area contributed by atoms with E-state index in [-0.39, 0.29) is 24.6 Å². The highest BCUT2D eigenvalue weighted by Gasteiger charge is 2.20. The summed E-state index contributed by atoms with van der Waals surface area (Å²) < 4.78 is 1.79. The average Bonchev–Trinajstić information content (AvgIpc) is 2.97. The fraction of sp³-hybridized carbons (Fsp3) is 0.238. The highest BCUT2D eigenvalue weighted by Crippen LogP contribution is 2.22. The van der Waals surface area contributed by atoms with Crippen LogP contribution in [0.25, 0.3) is 5.69 Å². The molecule has 7 nitrogen and oxygen atoms in total. The van der Waals surface area contributed by atoms with Crippen molar-refractivity contribution in [3.05, 3.63) is 86.2 Å². The molecule has 150 valence electrons. The Hall–Kier alpha value is -3.19. The predicted octanol–water partition coefficient (Wildman–Crippen LogP) is 4.25. The van der Waals surface area contributed by atoms with E-state index in [1.807, 2.05) is 26.0 Å². The molecule has 0 atom stereocenters. The molecular weight excluding hydrogens is 392 g/mol.